The predicted molar refractivity (Wildman–Crippen MR) is 62.6 cm³/mol. The molecule has 0 aliphatic heterocycles. The van der Waals surface area contributed by atoms with Gasteiger partial charge in [0.2, 0.25) is 0 Å². The molecule has 1 unspecified atom stereocenters. The Balaban J connectivity index is 3.89. The maximum atomic E-state index is 12.9. The highest BCUT2D eigenvalue weighted by atomic mass is 19.1. The molecule has 2 heteroatoms. The van der Waals surface area contributed by atoms with Crippen LogP contribution in [0.1, 0.15) is 47.0 Å². The molecule has 0 bridgehead atoms. The first kappa shape index (κ1) is 14.1. The molecule has 86 valence electrons. The monoisotopic (exact) mass is 212 g/mol. The third-order valence-corrected chi connectivity index (χ3v) is 2.21. The van der Waals surface area contributed by atoms with E-state index >= 15 is 0 Å². The van der Waals surface area contributed by atoms with E-state index in [-0.39, 0.29) is 12.2 Å². The first-order valence-corrected chi connectivity index (χ1v) is 5.37. The zero-order valence-corrected chi connectivity index (χ0v) is 10.1. The molecule has 0 aromatic carbocycles. The maximum absolute atomic E-state index is 12.9. The molecular weight excluding hydrogens is 191 g/mol. The third kappa shape index (κ3) is 8.10. The summed E-state index contributed by atoms with van der Waals surface area (Å²) in [6.45, 7) is 7.39. The van der Waals surface area contributed by atoms with Crippen LogP contribution in [0.15, 0.2) is 23.3 Å². The highest BCUT2D eigenvalue weighted by Gasteiger charge is 2.09. The average molecular weight is 212 g/mol. The van der Waals surface area contributed by atoms with Crippen molar-refractivity contribution in [3.63, 3.8) is 0 Å². The van der Waals surface area contributed by atoms with Crippen molar-refractivity contribution in [3.05, 3.63) is 23.3 Å². The molecule has 0 saturated carbocycles. The molecule has 1 nitrogen and oxygen atoms in total. The first-order chi connectivity index (χ1) is 6.93. The highest BCUT2D eigenvalue weighted by Crippen LogP contribution is 2.10. The van der Waals surface area contributed by atoms with Gasteiger partial charge in [-0.05, 0) is 40.5 Å². The molecule has 0 spiro atoms. The van der Waals surface area contributed by atoms with Crippen LogP contribution >= 0.6 is 0 Å². The van der Waals surface area contributed by atoms with Crippen molar-refractivity contribution in [1.29, 1.82) is 0 Å². The Kier molecular flexibility index (Phi) is 6.93. The van der Waals surface area contributed by atoms with Crippen molar-refractivity contribution in [2.45, 2.75) is 53.1 Å². The number of Topliss-reactive ketones (excluding diaryl/α,β-unsaturated/α-hetero) is 1. The van der Waals surface area contributed by atoms with Crippen LogP contribution in [0.2, 0.25) is 0 Å². The minimum Gasteiger partial charge on any atom is -0.297 e. The highest BCUT2D eigenvalue weighted by molar-refractivity contribution is 5.80. The van der Waals surface area contributed by atoms with Gasteiger partial charge in [0.05, 0.1) is 0 Å². The van der Waals surface area contributed by atoms with Gasteiger partial charge in [-0.25, -0.2) is 4.39 Å². The van der Waals surface area contributed by atoms with Gasteiger partial charge in [0.15, 0.2) is 12.0 Å². The van der Waals surface area contributed by atoms with E-state index in [1.807, 2.05) is 13.0 Å². The van der Waals surface area contributed by atoms with Crippen molar-refractivity contribution >= 4 is 5.78 Å². The third-order valence-electron chi connectivity index (χ3n) is 2.21. The molecule has 0 N–H and O–H groups in total. The van der Waals surface area contributed by atoms with E-state index in [4.69, 9.17) is 0 Å². The fraction of sp³-hybridized carbons (Fsp3) is 0.615. The largest absolute Gasteiger partial charge is 0.297 e. The lowest BCUT2D eigenvalue weighted by molar-refractivity contribution is -0.121. The number of allylic oxidation sites excluding steroid dienone is 4. The van der Waals surface area contributed by atoms with E-state index in [1.165, 1.54) is 12.5 Å². The summed E-state index contributed by atoms with van der Waals surface area (Å²) in [4.78, 5) is 10.6. The van der Waals surface area contributed by atoms with Crippen LogP contribution < -0.4 is 0 Å². The molecule has 0 aliphatic carbocycles. The number of carbonyl (C=O) groups excluding carboxylic acids is 1. The Morgan fingerprint density at radius 1 is 1.20 bits per heavy atom. The molecule has 0 amide bonds. The summed E-state index contributed by atoms with van der Waals surface area (Å²) in [5.74, 6) is -0.386. The Hall–Kier alpha value is -0.920. The van der Waals surface area contributed by atoms with Crippen LogP contribution in [0.25, 0.3) is 0 Å². The van der Waals surface area contributed by atoms with E-state index in [0.717, 1.165) is 18.4 Å². The van der Waals surface area contributed by atoms with Gasteiger partial charge < -0.3 is 0 Å². The second-order valence-corrected chi connectivity index (χ2v) is 4.18. The van der Waals surface area contributed by atoms with Crippen molar-refractivity contribution in [2.24, 2.45) is 0 Å². The van der Waals surface area contributed by atoms with E-state index in [0.29, 0.717) is 0 Å². The van der Waals surface area contributed by atoms with Gasteiger partial charge >= 0.3 is 0 Å². The molecule has 1 atom stereocenters. The normalized spacial score (nSPS) is 13.5. The Morgan fingerprint density at radius 2 is 1.80 bits per heavy atom. The summed E-state index contributed by atoms with van der Waals surface area (Å²) in [7, 11) is 0. The zero-order valence-electron chi connectivity index (χ0n) is 10.1. The fourth-order valence-corrected chi connectivity index (χ4v) is 1.16. The lowest BCUT2D eigenvalue weighted by Crippen LogP contribution is -2.09. The van der Waals surface area contributed by atoms with Crippen LogP contribution in [0.4, 0.5) is 4.39 Å². The van der Waals surface area contributed by atoms with Crippen LogP contribution in [-0.2, 0) is 4.79 Å². The minimum absolute atomic E-state index is 0.218. The van der Waals surface area contributed by atoms with E-state index in [1.54, 1.807) is 0 Å². The second kappa shape index (κ2) is 7.38. The number of rotatable bonds is 6. The van der Waals surface area contributed by atoms with Gasteiger partial charge in [-0.2, -0.15) is 0 Å². The maximum Gasteiger partial charge on any atom is 0.164 e. The molecule has 0 fully saturated rings. The number of ketones is 1. The molecular formula is C13H21FO. The Morgan fingerprint density at radius 3 is 2.27 bits per heavy atom. The van der Waals surface area contributed by atoms with Gasteiger partial charge in [0.25, 0.3) is 0 Å². The van der Waals surface area contributed by atoms with Crippen molar-refractivity contribution < 1.29 is 9.18 Å². The summed E-state index contributed by atoms with van der Waals surface area (Å²) in [5, 5.41) is 0. The van der Waals surface area contributed by atoms with Gasteiger partial charge in [-0.15, -0.1) is 0 Å². The minimum atomic E-state index is -1.33. The smallest absolute Gasteiger partial charge is 0.164 e. The average Bonchev–Trinajstić information content (AvgIpc) is 2.13. The second-order valence-electron chi connectivity index (χ2n) is 4.18. The SMILES string of the molecule is CC(=O)C(F)C/C=C(\C)CCC=C(C)C. The van der Waals surface area contributed by atoms with Gasteiger partial charge in [0.1, 0.15) is 0 Å². The van der Waals surface area contributed by atoms with Gasteiger partial charge in [0, 0.05) is 6.42 Å². The Bertz CT molecular complexity index is 260. The zero-order chi connectivity index (χ0) is 11.8. The molecule has 0 aliphatic rings. The van der Waals surface area contributed by atoms with Crippen LogP contribution in [0.3, 0.4) is 0 Å². The summed E-state index contributed by atoms with van der Waals surface area (Å²) in [6, 6.07) is 0. The van der Waals surface area contributed by atoms with Crippen LogP contribution in [0, 0.1) is 0 Å². The number of carbonyl (C=O) groups is 1. The summed E-state index contributed by atoms with van der Waals surface area (Å²) < 4.78 is 12.9. The quantitative estimate of drug-likeness (QED) is 0.608. The standard InChI is InChI=1S/C13H21FO/c1-10(2)6-5-7-11(3)8-9-13(14)12(4)15/h6,8,13H,5,7,9H2,1-4H3/b11-8+. The van der Waals surface area contributed by atoms with Crippen molar-refractivity contribution in [1.82, 2.24) is 0 Å². The first-order valence-electron chi connectivity index (χ1n) is 5.37. The lowest BCUT2D eigenvalue weighted by Gasteiger charge is -2.02. The number of halogens is 1. The topological polar surface area (TPSA) is 17.1 Å². The molecule has 0 radical (unpaired) electrons. The molecule has 0 aromatic heterocycles. The number of hydrogen-bond acceptors (Lipinski definition) is 1. The number of hydrogen-bond donors (Lipinski definition) is 0. The number of alkyl halides is 1. The predicted octanol–water partition coefficient (Wildman–Crippen LogP) is 4.00. The van der Waals surface area contributed by atoms with Crippen molar-refractivity contribution in [3.8, 4) is 0 Å². The molecule has 0 aromatic rings. The summed E-state index contributed by atoms with van der Waals surface area (Å²) in [6.07, 6.45) is 4.80. The van der Waals surface area contributed by atoms with E-state index < -0.39 is 6.17 Å². The fourth-order valence-electron chi connectivity index (χ4n) is 1.16. The summed E-state index contributed by atoms with van der Waals surface area (Å²) >= 11 is 0. The van der Waals surface area contributed by atoms with E-state index in [2.05, 4.69) is 19.9 Å². The van der Waals surface area contributed by atoms with Gasteiger partial charge in [-0.1, -0.05) is 23.3 Å². The molecule has 15 heavy (non-hydrogen) atoms. The molecule has 0 saturated heterocycles. The lowest BCUT2D eigenvalue weighted by atomic mass is 10.1. The van der Waals surface area contributed by atoms with Crippen LogP contribution in [-0.4, -0.2) is 12.0 Å². The van der Waals surface area contributed by atoms with Crippen LogP contribution in [0.5, 0.6) is 0 Å². The summed E-state index contributed by atoms with van der Waals surface area (Å²) in [5.41, 5.74) is 2.45. The molecule has 0 rings (SSSR count). The van der Waals surface area contributed by atoms with E-state index in [9.17, 15) is 9.18 Å². The Labute approximate surface area is 92.1 Å². The van der Waals surface area contributed by atoms with Crippen molar-refractivity contribution in [2.75, 3.05) is 0 Å². The molecule has 0 heterocycles. The van der Waals surface area contributed by atoms with Gasteiger partial charge in [-0.3, -0.25) is 4.79 Å².